The van der Waals surface area contributed by atoms with Gasteiger partial charge in [0.2, 0.25) is 21.9 Å². The molecule has 1 saturated heterocycles. The number of nitrogens with zero attached hydrogens (tertiary/aromatic N) is 3. The van der Waals surface area contributed by atoms with Crippen molar-refractivity contribution < 1.29 is 13.2 Å². The van der Waals surface area contributed by atoms with Crippen molar-refractivity contribution in [2.75, 3.05) is 23.1 Å². The molecule has 37 heavy (non-hydrogen) atoms. The summed E-state index contributed by atoms with van der Waals surface area (Å²) in [5.74, 6) is 1.23. The summed E-state index contributed by atoms with van der Waals surface area (Å²) in [6.45, 7) is 1.91. The maximum atomic E-state index is 12.7. The van der Waals surface area contributed by atoms with Gasteiger partial charge >= 0.3 is 0 Å². The zero-order valence-corrected chi connectivity index (χ0v) is 21.0. The van der Waals surface area contributed by atoms with Gasteiger partial charge in [-0.3, -0.25) is 4.72 Å². The van der Waals surface area contributed by atoms with Crippen LogP contribution in [0.2, 0.25) is 0 Å². The molecule has 2 aromatic carbocycles. The molecule has 3 N–H and O–H groups in total. The van der Waals surface area contributed by atoms with E-state index in [1.807, 2.05) is 36.4 Å². The largest absolute Gasteiger partial charge is 0.438 e. The Morgan fingerprint density at radius 2 is 1.86 bits per heavy atom. The lowest BCUT2D eigenvalue weighted by Crippen LogP contribution is -2.38. The van der Waals surface area contributed by atoms with E-state index in [1.165, 1.54) is 0 Å². The molecular weight excluding hydrogens is 488 g/mol. The van der Waals surface area contributed by atoms with Crippen LogP contribution in [-0.4, -0.2) is 42.5 Å². The molecule has 1 aliphatic heterocycles. The summed E-state index contributed by atoms with van der Waals surface area (Å²) in [6, 6.07) is 21.6. The first-order valence-electron chi connectivity index (χ1n) is 12.1. The van der Waals surface area contributed by atoms with E-state index in [0.717, 1.165) is 25.9 Å². The summed E-state index contributed by atoms with van der Waals surface area (Å²) < 4.78 is 34.0. The number of pyridine rings is 1. The highest BCUT2D eigenvalue weighted by Crippen LogP contribution is 2.31. The predicted octanol–water partition coefficient (Wildman–Crippen LogP) is 4.44. The molecule has 4 aromatic rings. The molecule has 5 rings (SSSR count). The molecule has 9 nitrogen and oxygen atoms in total. The van der Waals surface area contributed by atoms with Crippen molar-refractivity contribution in [1.82, 2.24) is 20.3 Å². The fourth-order valence-corrected chi connectivity index (χ4v) is 5.34. The summed E-state index contributed by atoms with van der Waals surface area (Å²) in [6.07, 6.45) is 5.52. The first kappa shape index (κ1) is 24.7. The Morgan fingerprint density at radius 3 is 2.70 bits per heavy atom. The lowest BCUT2D eigenvalue weighted by Gasteiger charge is -2.23. The van der Waals surface area contributed by atoms with Crippen LogP contribution >= 0.6 is 0 Å². The van der Waals surface area contributed by atoms with Crippen LogP contribution in [0.1, 0.15) is 18.4 Å². The average molecular weight is 517 g/mol. The van der Waals surface area contributed by atoms with Crippen LogP contribution < -0.4 is 20.1 Å². The van der Waals surface area contributed by atoms with Crippen LogP contribution in [0.15, 0.2) is 85.2 Å². The zero-order valence-electron chi connectivity index (χ0n) is 20.2. The van der Waals surface area contributed by atoms with Gasteiger partial charge in [-0.1, -0.05) is 36.4 Å². The summed E-state index contributed by atoms with van der Waals surface area (Å²) in [7, 11) is -3.60. The molecule has 0 amide bonds. The van der Waals surface area contributed by atoms with E-state index in [9.17, 15) is 8.42 Å². The molecule has 2 aromatic heterocycles. The molecule has 190 valence electrons. The number of hydrogen-bond acceptors (Lipinski definition) is 8. The van der Waals surface area contributed by atoms with Gasteiger partial charge in [-0.15, -0.1) is 0 Å². The second-order valence-electron chi connectivity index (χ2n) is 8.79. The third kappa shape index (κ3) is 6.81. The van der Waals surface area contributed by atoms with Crippen molar-refractivity contribution in [1.29, 1.82) is 0 Å². The van der Waals surface area contributed by atoms with Crippen LogP contribution in [0.4, 0.5) is 11.6 Å². The van der Waals surface area contributed by atoms with Crippen molar-refractivity contribution >= 4 is 21.7 Å². The highest BCUT2D eigenvalue weighted by atomic mass is 32.2. The zero-order chi connectivity index (χ0) is 25.5. The third-order valence-electron chi connectivity index (χ3n) is 5.85. The van der Waals surface area contributed by atoms with E-state index in [1.54, 1.807) is 48.8 Å². The maximum absolute atomic E-state index is 12.7. The second-order valence-corrected chi connectivity index (χ2v) is 10.5. The first-order chi connectivity index (χ1) is 18.0. The van der Waals surface area contributed by atoms with Crippen LogP contribution in [0, 0.1) is 0 Å². The number of nitrogens with one attached hydrogen (secondary N) is 3. The molecule has 10 heteroatoms. The van der Waals surface area contributed by atoms with Crippen molar-refractivity contribution in [2.24, 2.45) is 0 Å². The summed E-state index contributed by atoms with van der Waals surface area (Å²) in [4.78, 5) is 13.5. The summed E-state index contributed by atoms with van der Waals surface area (Å²) in [5.41, 5.74) is 2.48. The number of hydrogen-bond donors (Lipinski definition) is 3. The minimum atomic E-state index is -3.60. The average Bonchev–Trinajstić information content (AvgIpc) is 2.90. The van der Waals surface area contributed by atoms with E-state index in [4.69, 9.17) is 4.74 Å². The SMILES string of the molecule is O=S(=O)(Cc1ccccc1)Nc1cccc(Oc2ncccc2-c2ccnc(N[C@H]3CCCNC3)n2)c1. The van der Waals surface area contributed by atoms with Crippen molar-refractivity contribution in [3.05, 3.63) is 90.8 Å². The third-order valence-corrected chi connectivity index (χ3v) is 7.11. The lowest BCUT2D eigenvalue weighted by atomic mass is 10.1. The lowest BCUT2D eigenvalue weighted by molar-refractivity contribution is 0.465. The predicted molar refractivity (Wildman–Crippen MR) is 144 cm³/mol. The minimum Gasteiger partial charge on any atom is -0.438 e. The number of rotatable bonds is 9. The smallest absolute Gasteiger partial charge is 0.236 e. The molecule has 1 fully saturated rings. The van der Waals surface area contributed by atoms with Gasteiger partial charge in [0, 0.05) is 31.0 Å². The molecule has 1 aliphatic rings. The highest BCUT2D eigenvalue weighted by Gasteiger charge is 2.16. The molecule has 1 atom stereocenters. The number of ether oxygens (including phenoxy) is 1. The molecule has 0 spiro atoms. The molecule has 0 saturated carbocycles. The number of sulfonamides is 1. The number of anilines is 2. The number of piperidine rings is 1. The maximum Gasteiger partial charge on any atom is 0.236 e. The van der Waals surface area contributed by atoms with E-state index >= 15 is 0 Å². The first-order valence-corrected chi connectivity index (χ1v) is 13.8. The second kappa shape index (κ2) is 11.4. The van der Waals surface area contributed by atoms with Crippen LogP contribution in [0.5, 0.6) is 11.6 Å². The molecule has 0 aliphatic carbocycles. The van der Waals surface area contributed by atoms with E-state index in [-0.39, 0.29) is 11.8 Å². The van der Waals surface area contributed by atoms with Gasteiger partial charge < -0.3 is 15.4 Å². The minimum absolute atomic E-state index is 0.121. The van der Waals surface area contributed by atoms with Crippen molar-refractivity contribution in [2.45, 2.75) is 24.6 Å². The Balaban J connectivity index is 1.32. The Morgan fingerprint density at radius 1 is 0.973 bits per heavy atom. The van der Waals surface area contributed by atoms with Gasteiger partial charge in [0.1, 0.15) is 5.75 Å². The molecule has 3 heterocycles. The normalized spacial score (nSPS) is 15.6. The van der Waals surface area contributed by atoms with Crippen LogP contribution in [0.3, 0.4) is 0 Å². The number of aromatic nitrogens is 3. The molecule has 0 unspecified atom stereocenters. The van der Waals surface area contributed by atoms with Crippen LogP contribution in [0.25, 0.3) is 11.3 Å². The molecule has 0 radical (unpaired) electrons. The van der Waals surface area contributed by atoms with Gasteiger partial charge in [0.25, 0.3) is 0 Å². The summed E-state index contributed by atoms with van der Waals surface area (Å²) >= 11 is 0. The van der Waals surface area contributed by atoms with Gasteiger partial charge in [-0.2, -0.15) is 0 Å². The Hall–Kier alpha value is -4.02. The van der Waals surface area contributed by atoms with E-state index in [0.29, 0.717) is 40.1 Å². The quantitative estimate of drug-likeness (QED) is 0.299. The molecular formula is C27H28N6O3S. The fraction of sp³-hybridized carbons (Fsp3) is 0.222. The summed E-state index contributed by atoms with van der Waals surface area (Å²) in [5, 5.41) is 6.77. The van der Waals surface area contributed by atoms with Crippen molar-refractivity contribution in [3.8, 4) is 22.9 Å². The topological polar surface area (TPSA) is 118 Å². The Kier molecular flexibility index (Phi) is 7.57. The highest BCUT2D eigenvalue weighted by molar-refractivity contribution is 7.91. The Bertz CT molecular complexity index is 1440. The Labute approximate surface area is 216 Å². The van der Waals surface area contributed by atoms with Gasteiger partial charge in [-0.25, -0.2) is 23.4 Å². The van der Waals surface area contributed by atoms with E-state index < -0.39 is 10.0 Å². The monoisotopic (exact) mass is 516 g/mol. The number of benzene rings is 2. The van der Waals surface area contributed by atoms with Gasteiger partial charge in [0.15, 0.2) is 0 Å². The molecule has 0 bridgehead atoms. The fourth-order valence-electron chi connectivity index (χ4n) is 4.15. The van der Waals surface area contributed by atoms with Crippen molar-refractivity contribution in [3.63, 3.8) is 0 Å². The van der Waals surface area contributed by atoms with Gasteiger partial charge in [-0.05, 0) is 55.3 Å². The standard InChI is InChI=1S/C27H28N6O3S/c34-37(35,19-20-7-2-1-3-8-20)33-21-9-4-11-23(17-21)36-26-24(12-6-15-29-26)25-13-16-30-27(32-25)31-22-10-5-14-28-18-22/h1-4,6-9,11-13,15-17,22,28,33H,5,10,14,18-19H2,(H,30,31,32)/t22-/m0/s1. The van der Waals surface area contributed by atoms with E-state index in [2.05, 4.69) is 30.3 Å². The van der Waals surface area contributed by atoms with Crippen LogP contribution in [-0.2, 0) is 15.8 Å². The van der Waals surface area contributed by atoms with Gasteiger partial charge in [0.05, 0.1) is 22.7 Å².